The number of carbonyl (C=O) groups excluding carboxylic acids is 1. The number of nitrogen functional groups attached to an aromatic ring is 1. The lowest BCUT2D eigenvalue weighted by Gasteiger charge is -2.38. The predicted octanol–water partition coefficient (Wildman–Crippen LogP) is 1.31. The molecule has 3 N–H and O–H groups in total. The van der Waals surface area contributed by atoms with E-state index in [9.17, 15) is 4.79 Å². The first kappa shape index (κ1) is 14.2. The minimum atomic E-state index is -0.362. The first-order chi connectivity index (χ1) is 10.6. The van der Waals surface area contributed by atoms with E-state index in [1.54, 1.807) is 18.4 Å². The highest BCUT2D eigenvalue weighted by molar-refractivity contribution is 6.09. The highest BCUT2D eigenvalue weighted by atomic mass is 16.5. The van der Waals surface area contributed by atoms with Crippen LogP contribution in [0.25, 0.3) is 6.08 Å². The van der Waals surface area contributed by atoms with Gasteiger partial charge in [-0.05, 0) is 32.1 Å². The Morgan fingerprint density at radius 3 is 3.18 bits per heavy atom. The fourth-order valence-electron chi connectivity index (χ4n) is 2.47. The Morgan fingerprint density at radius 1 is 1.59 bits per heavy atom. The molecule has 0 saturated heterocycles. The van der Waals surface area contributed by atoms with E-state index < -0.39 is 0 Å². The number of benzene rings is 1. The van der Waals surface area contributed by atoms with Crippen molar-refractivity contribution in [2.45, 2.75) is 19.9 Å². The van der Waals surface area contributed by atoms with Crippen LogP contribution in [0, 0.1) is 0 Å². The third kappa shape index (κ3) is 2.34. The molecule has 0 radical (unpaired) electrons. The van der Waals surface area contributed by atoms with Gasteiger partial charge in [0.2, 0.25) is 0 Å². The number of nitrogens with one attached hydrogen (secondary N) is 1. The average Bonchev–Trinajstić information content (AvgIpc) is 2.51. The number of anilines is 2. The Bertz CT molecular complexity index is 669. The molecule has 1 aromatic carbocycles. The Labute approximate surface area is 128 Å². The summed E-state index contributed by atoms with van der Waals surface area (Å²) in [6.45, 7) is 4.62. The van der Waals surface area contributed by atoms with Gasteiger partial charge in [-0.1, -0.05) is 0 Å². The monoisotopic (exact) mass is 302 g/mol. The summed E-state index contributed by atoms with van der Waals surface area (Å²) in [7, 11) is 0. The van der Waals surface area contributed by atoms with Crippen molar-refractivity contribution >= 4 is 29.2 Å². The number of rotatable bonds is 3. The van der Waals surface area contributed by atoms with E-state index in [2.05, 4.69) is 10.5 Å². The van der Waals surface area contributed by atoms with Crippen molar-refractivity contribution in [3.63, 3.8) is 0 Å². The van der Waals surface area contributed by atoms with Crippen molar-refractivity contribution in [2.24, 2.45) is 5.10 Å². The smallest absolute Gasteiger partial charge is 0.262 e. The molecule has 0 aromatic heterocycles. The SMILES string of the molecule is CCO/C=C/c1cc2c(cc1N)N1C(=NNC(=O)[C@H]1C)CO2. The molecule has 0 unspecified atom stereocenters. The summed E-state index contributed by atoms with van der Waals surface area (Å²) in [4.78, 5) is 13.7. The van der Waals surface area contributed by atoms with E-state index in [1.807, 2.05) is 24.8 Å². The predicted molar refractivity (Wildman–Crippen MR) is 84.5 cm³/mol. The summed E-state index contributed by atoms with van der Waals surface area (Å²) in [5.74, 6) is 1.18. The number of hydrogen-bond donors (Lipinski definition) is 2. The van der Waals surface area contributed by atoms with Gasteiger partial charge in [-0.2, -0.15) is 5.10 Å². The van der Waals surface area contributed by atoms with Crippen molar-refractivity contribution in [1.29, 1.82) is 0 Å². The van der Waals surface area contributed by atoms with Gasteiger partial charge in [-0.3, -0.25) is 4.79 Å². The van der Waals surface area contributed by atoms with Gasteiger partial charge < -0.3 is 20.1 Å². The second kappa shape index (κ2) is 5.59. The fraction of sp³-hybridized carbons (Fsp3) is 0.333. The van der Waals surface area contributed by atoms with Gasteiger partial charge in [-0.15, -0.1) is 0 Å². The molecule has 0 saturated carbocycles. The second-order valence-corrected chi connectivity index (χ2v) is 5.05. The van der Waals surface area contributed by atoms with Gasteiger partial charge in [0, 0.05) is 11.3 Å². The van der Waals surface area contributed by atoms with Crippen LogP contribution in [0.15, 0.2) is 23.5 Å². The van der Waals surface area contributed by atoms with Crippen molar-refractivity contribution in [3.05, 3.63) is 24.0 Å². The Balaban J connectivity index is 2.00. The van der Waals surface area contributed by atoms with Gasteiger partial charge in [0.1, 0.15) is 18.4 Å². The lowest BCUT2D eigenvalue weighted by molar-refractivity contribution is -0.122. The molecule has 7 nitrogen and oxygen atoms in total. The number of ether oxygens (including phenoxy) is 2. The lowest BCUT2D eigenvalue weighted by Crippen LogP contribution is -2.55. The van der Waals surface area contributed by atoms with Crippen LogP contribution >= 0.6 is 0 Å². The zero-order valence-electron chi connectivity index (χ0n) is 12.5. The molecular weight excluding hydrogens is 284 g/mol. The fourth-order valence-corrected chi connectivity index (χ4v) is 2.47. The van der Waals surface area contributed by atoms with Crippen LogP contribution < -0.4 is 20.8 Å². The molecule has 0 fully saturated rings. The summed E-state index contributed by atoms with van der Waals surface area (Å²) in [5, 5.41) is 4.04. The van der Waals surface area contributed by atoms with Gasteiger partial charge in [-0.25, -0.2) is 5.43 Å². The quantitative estimate of drug-likeness (QED) is 0.649. The second-order valence-electron chi connectivity index (χ2n) is 5.05. The maximum absolute atomic E-state index is 11.8. The van der Waals surface area contributed by atoms with Crippen molar-refractivity contribution in [1.82, 2.24) is 5.43 Å². The van der Waals surface area contributed by atoms with Crippen LogP contribution in [0.2, 0.25) is 0 Å². The molecule has 0 spiro atoms. The van der Waals surface area contributed by atoms with E-state index >= 15 is 0 Å². The molecule has 7 heteroatoms. The highest BCUT2D eigenvalue weighted by Gasteiger charge is 2.35. The third-order valence-electron chi connectivity index (χ3n) is 3.63. The molecule has 0 bridgehead atoms. The normalized spacial score (nSPS) is 19.9. The lowest BCUT2D eigenvalue weighted by atomic mass is 10.1. The minimum absolute atomic E-state index is 0.157. The highest BCUT2D eigenvalue weighted by Crippen LogP contribution is 2.38. The van der Waals surface area contributed by atoms with E-state index in [-0.39, 0.29) is 11.9 Å². The van der Waals surface area contributed by atoms with Crippen LogP contribution in [-0.2, 0) is 9.53 Å². The molecule has 2 heterocycles. The molecule has 1 amide bonds. The molecule has 1 aromatic rings. The summed E-state index contributed by atoms with van der Waals surface area (Å²) < 4.78 is 10.9. The summed E-state index contributed by atoms with van der Waals surface area (Å²) in [5.41, 5.74) is 10.7. The molecule has 116 valence electrons. The van der Waals surface area contributed by atoms with Crippen molar-refractivity contribution in [2.75, 3.05) is 23.8 Å². The standard InChI is InChI=1S/C15H18N4O3/c1-3-21-5-4-10-6-13-12(7-11(10)16)19-9(2)15(20)18-17-14(19)8-22-13/h4-7,9H,3,8,16H2,1-2H3,(H,18,20)/b5-4+/t9-/m1/s1. The minimum Gasteiger partial charge on any atom is -0.501 e. The van der Waals surface area contributed by atoms with Crippen LogP contribution in [0.5, 0.6) is 5.75 Å². The first-order valence-electron chi connectivity index (χ1n) is 7.12. The van der Waals surface area contributed by atoms with E-state index in [4.69, 9.17) is 15.2 Å². The zero-order valence-corrected chi connectivity index (χ0v) is 12.5. The summed E-state index contributed by atoms with van der Waals surface area (Å²) in [6, 6.07) is 3.28. The molecule has 3 rings (SSSR count). The van der Waals surface area contributed by atoms with Crippen LogP contribution in [0.4, 0.5) is 11.4 Å². The number of carbonyl (C=O) groups is 1. The zero-order chi connectivity index (χ0) is 15.7. The Kier molecular flexibility index (Phi) is 3.62. The van der Waals surface area contributed by atoms with E-state index in [1.165, 1.54) is 0 Å². The Morgan fingerprint density at radius 2 is 2.41 bits per heavy atom. The van der Waals surface area contributed by atoms with Gasteiger partial charge in [0.15, 0.2) is 5.84 Å². The van der Waals surface area contributed by atoms with Crippen LogP contribution in [0.1, 0.15) is 19.4 Å². The molecule has 0 aliphatic carbocycles. The van der Waals surface area contributed by atoms with E-state index in [0.29, 0.717) is 30.5 Å². The number of nitrogens with zero attached hydrogens (tertiary/aromatic N) is 2. The topological polar surface area (TPSA) is 89.2 Å². The number of amides is 1. The third-order valence-corrected chi connectivity index (χ3v) is 3.63. The van der Waals surface area contributed by atoms with Crippen molar-refractivity contribution < 1.29 is 14.3 Å². The number of hydrogen-bond acceptors (Lipinski definition) is 6. The molecule has 22 heavy (non-hydrogen) atoms. The molecule has 2 aliphatic rings. The Hall–Kier alpha value is -2.70. The number of amidine groups is 1. The number of nitrogens with two attached hydrogens (primary N) is 1. The molecular formula is C15H18N4O3. The summed E-state index contributed by atoms with van der Waals surface area (Å²) >= 11 is 0. The largest absolute Gasteiger partial charge is 0.501 e. The van der Waals surface area contributed by atoms with Crippen molar-refractivity contribution in [3.8, 4) is 5.75 Å². The average molecular weight is 302 g/mol. The maximum atomic E-state index is 11.8. The summed E-state index contributed by atoms with van der Waals surface area (Å²) in [6.07, 6.45) is 3.39. The van der Waals surface area contributed by atoms with Gasteiger partial charge >= 0.3 is 0 Å². The maximum Gasteiger partial charge on any atom is 0.262 e. The number of fused-ring (bicyclic) bond motifs is 3. The van der Waals surface area contributed by atoms with Crippen LogP contribution in [-0.4, -0.2) is 31.0 Å². The van der Waals surface area contributed by atoms with E-state index in [0.717, 1.165) is 11.3 Å². The van der Waals surface area contributed by atoms with Gasteiger partial charge in [0.05, 0.1) is 18.6 Å². The molecule has 1 atom stereocenters. The molecule has 2 aliphatic heterocycles. The number of hydrazone groups is 1. The first-order valence-corrected chi connectivity index (χ1v) is 7.12. The van der Waals surface area contributed by atoms with Gasteiger partial charge in [0.25, 0.3) is 5.91 Å². The van der Waals surface area contributed by atoms with Crippen LogP contribution in [0.3, 0.4) is 0 Å².